The summed E-state index contributed by atoms with van der Waals surface area (Å²) in [6.45, 7) is 5.00. The molecule has 0 aliphatic carbocycles. The van der Waals surface area contributed by atoms with Gasteiger partial charge in [0.1, 0.15) is 6.54 Å². The van der Waals surface area contributed by atoms with Gasteiger partial charge >= 0.3 is 5.97 Å². The van der Waals surface area contributed by atoms with E-state index in [0.717, 1.165) is 49.7 Å². The van der Waals surface area contributed by atoms with Crippen LogP contribution in [0.1, 0.15) is 45.4 Å². The fourth-order valence-corrected chi connectivity index (χ4v) is 2.60. The van der Waals surface area contributed by atoms with E-state index < -0.39 is 6.29 Å². The van der Waals surface area contributed by atoms with Crippen molar-refractivity contribution in [2.75, 3.05) is 40.4 Å². The zero-order valence-electron chi connectivity index (χ0n) is 14.9. The molecule has 0 aromatic carbocycles. The van der Waals surface area contributed by atoms with E-state index >= 15 is 0 Å². The van der Waals surface area contributed by atoms with Crippen molar-refractivity contribution in [2.45, 2.75) is 57.8 Å². The topological polar surface area (TPSA) is 44.8 Å². The number of quaternary nitrogens is 1. The fourth-order valence-electron chi connectivity index (χ4n) is 2.60. The Kier molecular flexibility index (Phi) is 9.23. The number of terminal acetylenes is 1. The van der Waals surface area contributed by atoms with Crippen molar-refractivity contribution in [3.8, 4) is 12.3 Å². The van der Waals surface area contributed by atoms with Gasteiger partial charge in [-0.05, 0) is 38.0 Å². The van der Waals surface area contributed by atoms with Gasteiger partial charge in [-0.2, -0.15) is 0 Å². The normalized spacial score (nSPS) is 21.7. The molecule has 1 rings (SSSR count). The summed E-state index contributed by atoms with van der Waals surface area (Å²) in [5, 5.41) is 0. The van der Waals surface area contributed by atoms with Crippen molar-refractivity contribution >= 4 is 5.97 Å². The molecule has 1 aliphatic rings. The van der Waals surface area contributed by atoms with Crippen LogP contribution in [0.3, 0.4) is 0 Å². The van der Waals surface area contributed by atoms with Gasteiger partial charge in [0.25, 0.3) is 0 Å². The van der Waals surface area contributed by atoms with Gasteiger partial charge in [-0.3, -0.25) is 4.79 Å². The Morgan fingerprint density at radius 2 is 2.17 bits per heavy atom. The first kappa shape index (κ1) is 20.0. The van der Waals surface area contributed by atoms with E-state index in [9.17, 15) is 4.79 Å². The number of ether oxygens (including phenoxy) is 3. The summed E-state index contributed by atoms with van der Waals surface area (Å²) in [5.74, 6) is 2.55. The number of esters is 1. The zero-order valence-corrected chi connectivity index (χ0v) is 14.9. The maximum atomic E-state index is 11.7. The number of nitrogens with zero attached hydrogens (tertiary/aromatic N) is 1. The minimum absolute atomic E-state index is 0.162. The monoisotopic (exact) mass is 326 g/mol. The number of hydrogen-bond donors (Lipinski definition) is 0. The van der Waals surface area contributed by atoms with Crippen molar-refractivity contribution in [1.82, 2.24) is 0 Å². The highest BCUT2D eigenvalue weighted by atomic mass is 16.7. The first-order valence-corrected chi connectivity index (χ1v) is 8.66. The molecule has 0 spiro atoms. The maximum Gasteiger partial charge on any atom is 0.306 e. The Morgan fingerprint density at radius 1 is 1.39 bits per heavy atom. The van der Waals surface area contributed by atoms with Gasteiger partial charge in [0.2, 0.25) is 0 Å². The lowest BCUT2D eigenvalue weighted by Crippen LogP contribution is -2.41. The zero-order chi connectivity index (χ0) is 17.1. The molecular weight excluding hydrogens is 294 g/mol. The Bertz CT molecular complexity index is 389. The molecule has 5 heteroatoms. The van der Waals surface area contributed by atoms with E-state index in [1.807, 2.05) is 6.92 Å². The third-order valence-electron chi connectivity index (χ3n) is 3.91. The van der Waals surface area contributed by atoms with E-state index in [1.54, 1.807) is 0 Å². The third kappa shape index (κ3) is 8.36. The average Bonchev–Trinajstić information content (AvgIpc) is 2.48. The summed E-state index contributed by atoms with van der Waals surface area (Å²) in [5.41, 5.74) is 0. The van der Waals surface area contributed by atoms with E-state index in [2.05, 4.69) is 20.0 Å². The van der Waals surface area contributed by atoms with Crippen molar-refractivity contribution in [3.05, 3.63) is 0 Å². The highest BCUT2D eigenvalue weighted by molar-refractivity contribution is 5.69. The molecule has 0 aromatic rings. The van der Waals surface area contributed by atoms with Crippen LogP contribution in [0.5, 0.6) is 0 Å². The van der Waals surface area contributed by atoms with E-state index in [1.165, 1.54) is 0 Å². The number of hydrogen-bond acceptors (Lipinski definition) is 4. The highest BCUT2D eigenvalue weighted by Crippen LogP contribution is 2.19. The molecular formula is C18H32NO4+. The first-order valence-electron chi connectivity index (χ1n) is 8.66. The van der Waals surface area contributed by atoms with E-state index in [0.29, 0.717) is 19.6 Å². The van der Waals surface area contributed by atoms with Crippen LogP contribution in [-0.2, 0) is 19.0 Å². The lowest BCUT2D eigenvalue weighted by atomic mass is 10.1. The fraction of sp³-hybridized carbons (Fsp3) is 0.833. The standard InChI is InChI=1S/C18H32NO4/c1-5-10-17(20)23-16-11-9-15-22-18(16)21-14-8-7-13-19(3,4)12-6-2/h2,16,18H,5,7-15H2,1,3-4H3/q+1. The molecule has 1 fully saturated rings. The molecule has 5 nitrogen and oxygen atoms in total. The van der Waals surface area contributed by atoms with Gasteiger partial charge in [0.15, 0.2) is 12.4 Å². The van der Waals surface area contributed by atoms with Crippen LogP contribution in [0.4, 0.5) is 0 Å². The van der Waals surface area contributed by atoms with Gasteiger partial charge in [-0.25, -0.2) is 0 Å². The van der Waals surface area contributed by atoms with Crippen molar-refractivity contribution in [3.63, 3.8) is 0 Å². The summed E-state index contributed by atoms with van der Waals surface area (Å²) < 4.78 is 17.7. The van der Waals surface area contributed by atoms with Gasteiger partial charge < -0.3 is 18.7 Å². The highest BCUT2D eigenvalue weighted by Gasteiger charge is 2.29. The van der Waals surface area contributed by atoms with Crippen LogP contribution >= 0.6 is 0 Å². The molecule has 0 bridgehead atoms. The predicted molar refractivity (Wildman–Crippen MR) is 89.6 cm³/mol. The largest absolute Gasteiger partial charge is 0.457 e. The second-order valence-electron chi connectivity index (χ2n) is 6.76. The molecule has 2 atom stereocenters. The van der Waals surface area contributed by atoms with Gasteiger partial charge in [-0.15, -0.1) is 6.42 Å². The molecule has 0 N–H and O–H groups in total. The van der Waals surface area contributed by atoms with Gasteiger partial charge in [-0.1, -0.05) is 6.92 Å². The molecule has 1 heterocycles. The van der Waals surface area contributed by atoms with Crippen LogP contribution in [0.2, 0.25) is 0 Å². The Morgan fingerprint density at radius 3 is 2.87 bits per heavy atom. The first-order chi connectivity index (χ1) is 11.0. The molecule has 23 heavy (non-hydrogen) atoms. The molecule has 0 aromatic heterocycles. The van der Waals surface area contributed by atoms with Crippen molar-refractivity contribution < 1.29 is 23.5 Å². The molecule has 0 saturated carbocycles. The van der Waals surface area contributed by atoms with Crippen LogP contribution in [0.15, 0.2) is 0 Å². The minimum Gasteiger partial charge on any atom is -0.457 e. The summed E-state index contributed by atoms with van der Waals surface area (Å²) >= 11 is 0. The lowest BCUT2D eigenvalue weighted by molar-refractivity contribution is -0.883. The van der Waals surface area contributed by atoms with Crippen LogP contribution in [-0.4, -0.2) is 63.2 Å². The Labute approximate surface area is 140 Å². The number of unbranched alkanes of at least 4 members (excludes halogenated alkanes) is 1. The smallest absolute Gasteiger partial charge is 0.306 e. The number of carbonyl (C=O) groups excluding carboxylic acids is 1. The number of rotatable bonds is 10. The van der Waals surface area contributed by atoms with E-state index in [4.69, 9.17) is 20.6 Å². The second-order valence-corrected chi connectivity index (χ2v) is 6.76. The quantitative estimate of drug-likeness (QED) is 0.267. The van der Waals surface area contributed by atoms with Crippen LogP contribution in [0.25, 0.3) is 0 Å². The Hall–Kier alpha value is -1.09. The van der Waals surface area contributed by atoms with Crippen LogP contribution in [0, 0.1) is 12.3 Å². The van der Waals surface area contributed by atoms with Crippen molar-refractivity contribution in [1.29, 1.82) is 0 Å². The average molecular weight is 326 g/mol. The molecule has 0 amide bonds. The van der Waals surface area contributed by atoms with Crippen molar-refractivity contribution in [2.24, 2.45) is 0 Å². The summed E-state index contributed by atoms with van der Waals surface area (Å²) in [6.07, 6.45) is 9.64. The maximum absolute atomic E-state index is 11.7. The second kappa shape index (κ2) is 10.6. The third-order valence-corrected chi connectivity index (χ3v) is 3.91. The summed E-state index contributed by atoms with van der Waals surface area (Å²) in [4.78, 5) is 11.7. The SMILES string of the molecule is C#CC[N+](C)(C)CCCCOC1OCCCC1OC(=O)CCC. The summed E-state index contributed by atoms with van der Waals surface area (Å²) in [7, 11) is 4.27. The summed E-state index contributed by atoms with van der Waals surface area (Å²) in [6, 6.07) is 0. The minimum atomic E-state index is -0.419. The Balaban J connectivity index is 2.25. The number of carbonyl (C=O) groups is 1. The molecule has 1 aliphatic heterocycles. The predicted octanol–water partition coefficient (Wildman–Crippen LogP) is 2.34. The lowest BCUT2D eigenvalue weighted by Gasteiger charge is -2.31. The molecule has 132 valence electrons. The molecule has 0 radical (unpaired) electrons. The van der Waals surface area contributed by atoms with E-state index in [-0.39, 0.29) is 12.1 Å². The van der Waals surface area contributed by atoms with Crippen LogP contribution < -0.4 is 0 Å². The molecule has 2 unspecified atom stereocenters. The van der Waals surface area contributed by atoms with Gasteiger partial charge in [0.05, 0.1) is 33.9 Å². The van der Waals surface area contributed by atoms with Gasteiger partial charge in [0, 0.05) is 6.42 Å². The molecule has 1 saturated heterocycles.